The van der Waals surface area contributed by atoms with Crippen molar-refractivity contribution in [1.82, 2.24) is 0 Å². The van der Waals surface area contributed by atoms with Gasteiger partial charge in [-0.3, -0.25) is 9.59 Å². The lowest BCUT2D eigenvalue weighted by Gasteiger charge is -2.20. The van der Waals surface area contributed by atoms with Crippen LogP contribution in [0.2, 0.25) is 0 Å². The molecule has 78 valence electrons. The van der Waals surface area contributed by atoms with E-state index >= 15 is 0 Å². The Bertz CT molecular complexity index is 437. The van der Waals surface area contributed by atoms with Crippen molar-refractivity contribution in [3.8, 4) is 5.75 Å². The number of halogens is 5. The molecule has 0 radical (unpaired) electrons. The molecule has 14 heavy (non-hydrogen) atoms. The fraction of sp³-hybridized carbons (Fsp3) is 0.333. The number of hydrogen-bond acceptors (Lipinski definition) is 3. The van der Waals surface area contributed by atoms with Crippen molar-refractivity contribution in [2.75, 3.05) is 0 Å². The molecule has 1 rings (SSSR count). The van der Waals surface area contributed by atoms with Crippen LogP contribution in [0.25, 0.3) is 0 Å². The van der Waals surface area contributed by atoms with E-state index in [0.29, 0.717) is 0 Å². The smallest absolute Gasteiger partial charge is 0.458 e. The topological polar surface area (TPSA) is 54.4 Å². The molecular weight excluding hydrogens is 215 g/mol. The summed E-state index contributed by atoms with van der Waals surface area (Å²) in [7, 11) is 0. The lowest BCUT2D eigenvalue weighted by molar-refractivity contribution is -0.290. The number of aromatic hydroxyl groups is 1. The zero-order valence-corrected chi connectivity index (χ0v) is 6.15. The van der Waals surface area contributed by atoms with Gasteiger partial charge in [0.15, 0.2) is 5.75 Å². The first-order chi connectivity index (χ1) is 6.10. The van der Waals surface area contributed by atoms with E-state index in [1.165, 1.54) is 0 Å². The summed E-state index contributed by atoms with van der Waals surface area (Å²) >= 11 is 0. The molecular formula is C6HF5O3. The van der Waals surface area contributed by atoms with Crippen LogP contribution in [0.3, 0.4) is 0 Å². The number of rotatable bonds is 1. The normalized spacial score (nSPS) is 13.5. The molecule has 0 unspecified atom stereocenters. The molecule has 0 fully saturated rings. The molecule has 0 bridgehead atoms. The van der Waals surface area contributed by atoms with Gasteiger partial charge in [0.2, 0.25) is 5.43 Å². The highest BCUT2D eigenvalue weighted by Gasteiger charge is 2.63. The fourth-order valence-corrected chi connectivity index (χ4v) is 0.813. The second kappa shape index (κ2) is 2.52. The molecule has 0 saturated heterocycles. The van der Waals surface area contributed by atoms with Gasteiger partial charge in [0.1, 0.15) is 5.56 Å². The molecule has 0 aliphatic heterocycles. The molecule has 0 aliphatic rings. The first-order valence-corrected chi connectivity index (χ1v) is 3.08. The Hall–Kier alpha value is -1.47. The molecule has 1 aromatic carbocycles. The fourth-order valence-electron chi connectivity index (χ4n) is 0.813. The van der Waals surface area contributed by atoms with Gasteiger partial charge in [-0.2, -0.15) is 22.0 Å². The second-order valence-electron chi connectivity index (χ2n) is 2.45. The van der Waals surface area contributed by atoms with Gasteiger partial charge in [0.25, 0.3) is 5.43 Å². The zero-order chi connectivity index (χ0) is 11.3. The van der Waals surface area contributed by atoms with Crippen LogP contribution < -0.4 is 10.9 Å². The van der Waals surface area contributed by atoms with E-state index in [1.807, 2.05) is 0 Å². The minimum absolute atomic E-state index is 1.73. The summed E-state index contributed by atoms with van der Waals surface area (Å²) in [5.74, 6) is -7.31. The quantitative estimate of drug-likeness (QED) is 0.553. The summed E-state index contributed by atoms with van der Waals surface area (Å²) in [6.07, 6.45) is -6.01. The van der Waals surface area contributed by atoms with Crippen LogP contribution in [0.4, 0.5) is 22.0 Å². The standard InChI is InChI=1S/C6HF5O3/c7-5(8,6(9,10)11)1-2(12)4(14)3(1)13/h12H. The summed E-state index contributed by atoms with van der Waals surface area (Å²) < 4.78 is 59.5. The third kappa shape index (κ3) is 1.10. The SMILES string of the molecule is O=c1c(O)c(C(F)(F)C(F)(F)F)c1=O. The number of alkyl halides is 5. The molecule has 0 saturated carbocycles. The Balaban J connectivity index is 3.34. The van der Waals surface area contributed by atoms with E-state index in [2.05, 4.69) is 0 Å². The Morgan fingerprint density at radius 3 is 1.64 bits per heavy atom. The maximum Gasteiger partial charge on any atom is 0.458 e. The van der Waals surface area contributed by atoms with Gasteiger partial charge in [-0.15, -0.1) is 0 Å². The zero-order valence-electron chi connectivity index (χ0n) is 6.15. The van der Waals surface area contributed by atoms with Gasteiger partial charge in [-0.25, -0.2) is 0 Å². The van der Waals surface area contributed by atoms with Crippen LogP contribution in [-0.2, 0) is 5.92 Å². The summed E-state index contributed by atoms with van der Waals surface area (Å²) in [5, 5.41) is 8.37. The molecule has 3 nitrogen and oxygen atoms in total. The monoisotopic (exact) mass is 216 g/mol. The van der Waals surface area contributed by atoms with Crippen molar-refractivity contribution < 1.29 is 27.1 Å². The number of hydrogen-bond donors (Lipinski definition) is 1. The molecule has 0 amide bonds. The molecule has 0 aromatic heterocycles. The molecule has 1 aromatic rings. The van der Waals surface area contributed by atoms with E-state index in [1.54, 1.807) is 0 Å². The van der Waals surface area contributed by atoms with E-state index in [0.717, 1.165) is 0 Å². The maximum absolute atomic E-state index is 12.3. The first kappa shape index (κ1) is 10.6. The van der Waals surface area contributed by atoms with Crippen molar-refractivity contribution in [2.24, 2.45) is 0 Å². The highest BCUT2D eigenvalue weighted by atomic mass is 19.4. The first-order valence-electron chi connectivity index (χ1n) is 3.08. The van der Waals surface area contributed by atoms with Crippen LogP contribution in [0.15, 0.2) is 9.59 Å². The van der Waals surface area contributed by atoms with E-state index in [9.17, 15) is 31.5 Å². The molecule has 0 atom stereocenters. The van der Waals surface area contributed by atoms with Gasteiger partial charge in [-0.05, 0) is 0 Å². The van der Waals surface area contributed by atoms with Crippen molar-refractivity contribution >= 4 is 0 Å². The Labute approximate surface area is 72.1 Å². The van der Waals surface area contributed by atoms with E-state index in [-0.39, 0.29) is 0 Å². The van der Waals surface area contributed by atoms with Crippen molar-refractivity contribution in [2.45, 2.75) is 12.1 Å². The van der Waals surface area contributed by atoms with Crippen LogP contribution >= 0.6 is 0 Å². The predicted molar refractivity (Wildman–Crippen MR) is 33.0 cm³/mol. The van der Waals surface area contributed by atoms with Gasteiger partial charge < -0.3 is 5.11 Å². The van der Waals surface area contributed by atoms with Gasteiger partial charge >= 0.3 is 12.1 Å². The highest BCUT2D eigenvalue weighted by Crippen LogP contribution is 2.45. The van der Waals surface area contributed by atoms with Crippen LogP contribution in [0, 0.1) is 0 Å². The largest absolute Gasteiger partial charge is 0.504 e. The highest BCUT2D eigenvalue weighted by molar-refractivity contribution is 5.42. The van der Waals surface area contributed by atoms with Gasteiger partial charge in [0, 0.05) is 0 Å². The van der Waals surface area contributed by atoms with Gasteiger partial charge in [-0.1, -0.05) is 0 Å². The van der Waals surface area contributed by atoms with E-state index < -0.39 is 34.3 Å². The summed E-state index contributed by atoms with van der Waals surface area (Å²) in [6.45, 7) is 0. The third-order valence-electron chi connectivity index (χ3n) is 1.56. The maximum atomic E-state index is 12.3. The second-order valence-corrected chi connectivity index (χ2v) is 2.45. The minimum atomic E-state index is -6.01. The predicted octanol–water partition coefficient (Wildman–Crippen LogP) is 0.642. The summed E-state index contributed by atoms with van der Waals surface area (Å²) in [6, 6.07) is 0. The average Bonchev–Trinajstić information content (AvgIpc) is 2.01. The van der Waals surface area contributed by atoms with Crippen molar-refractivity contribution in [3.05, 3.63) is 26.0 Å². The van der Waals surface area contributed by atoms with Crippen LogP contribution in [0.5, 0.6) is 5.75 Å². The third-order valence-corrected chi connectivity index (χ3v) is 1.56. The van der Waals surface area contributed by atoms with Gasteiger partial charge in [0.05, 0.1) is 0 Å². The summed E-state index contributed by atoms with van der Waals surface area (Å²) in [5.41, 5.74) is -5.93. The minimum Gasteiger partial charge on any atom is -0.504 e. The molecule has 0 heterocycles. The molecule has 0 spiro atoms. The van der Waals surface area contributed by atoms with Crippen molar-refractivity contribution in [1.29, 1.82) is 0 Å². The van der Waals surface area contributed by atoms with Crippen molar-refractivity contribution in [3.63, 3.8) is 0 Å². The van der Waals surface area contributed by atoms with Crippen LogP contribution in [0.1, 0.15) is 5.56 Å². The Kier molecular flexibility index (Phi) is 1.91. The Morgan fingerprint density at radius 2 is 1.36 bits per heavy atom. The lowest BCUT2D eigenvalue weighted by Crippen LogP contribution is -2.46. The molecule has 8 heteroatoms. The average molecular weight is 216 g/mol. The summed E-state index contributed by atoms with van der Waals surface area (Å²) in [4.78, 5) is 20.5. The Morgan fingerprint density at radius 1 is 0.929 bits per heavy atom. The van der Waals surface area contributed by atoms with Crippen LogP contribution in [-0.4, -0.2) is 11.3 Å². The molecule has 0 aliphatic carbocycles. The molecule has 1 N–H and O–H groups in total. The van der Waals surface area contributed by atoms with E-state index in [4.69, 9.17) is 5.11 Å². The lowest BCUT2D eigenvalue weighted by atomic mass is 10.0.